The van der Waals surface area contributed by atoms with Gasteiger partial charge in [-0.15, -0.1) is 0 Å². The number of ether oxygens (including phenoxy) is 1. The number of hydrogen-bond donors (Lipinski definition) is 1. The second-order valence-corrected chi connectivity index (χ2v) is 6.80. The zero-order chi connectivity index (χ0) is 14.2. The maximum Gasteiger partial charge on any atom is 0.129 e. The van der Waals surface area contributed by atoms with Gasteiger partial charge in [0.25, 0.3) is 0 Å². The van der Waals surface area contributed by atoms with E-state index in [4.69, 9.17) is 4.74 Å². The maximum atomic E-state index is 13.8. The van der Waals surface area contributed by atoms with Crippen molar-refractivity contribution < 1.29 is 18.6 Å². The summed E-state index contributed by atoms with van der Waals surface area (Å²) in [6, 6.07) is 3.25. The minimum Gasteiger partial charge on any atom is -0.388 e. The first-order valence-electron chi connectivity index (χ1n) is 6.94. The minimum atomic E-state index is -0.961. The van der Waals surface area contributed by atoms with Crippen molar-refractivity contribution in [1.82, 2.24) is 0 Å². The van der Waals surface area contributed by atoms with Gasteiger partial charge >= 0.3 is 0 Å². The Morgan fingerprint density at radius 3 is 3.00 bits per heavy atom. The van der Waals surface area contributed by atoms with Crippen molar-refractivity contribution in [2.75, 3.05) is 18.1 Å². The second kappa shape index (κ2) is 5.62. The highest BCUT2D eigenvalue weighted by Crippen LogP contribution is 2.44. The third kappa shape index (κ3) is 2.71. The van der Waals surface area contributed by atoms with Gasteiger partial charge in [-0.2, -0.15) is 11.8 Å². The lowest BCUT2D eigenvalue weighted by atomic mass is 9.80. The molecule has 1 aromatic rings. The zero-order valence-electron chi connectivity index (χ0n) is 11.1. The van der Waals surface area contributed by atoms with Crippen LogP contribution in [0.5, 0.6) is 0 Å². The van der Waals surface area contributed by atoms with Gasteiger partial charge in [-0.3, -0.25) is 0 Å². The Kier molecular flexibility index (Phi) is 4.02. The van der Waals surface area contributed by atoms with Crippen LogP contribution in [0.15, 0.2) is 18.2 Å². The molecule has 2 aliphatic rings. The molecule has 1 spiro atoms. The van der Waals surface area contributed by atoms with Crippen molar-refractivity contribution in [2.24, 2.45) is 5.92 Å². The van der Waals surface area contributed by atoms with Crippen LogP contribution in [0.1, 0.15) is 30.9 Å². The number of hydrogen-bond acceptors (Lipinski definition) is 3. The van der Waals surface area contributed by atoms with Gasteiger partial charge in [0.1, 0.15) is 11.6 Å². The number of halogens is 2. The van der Waals surface area contributed by atoms with Gasteiger partial charge in [0.05, 0.1) is 11.7 Å². The quantitative estimate of drug-likeness (QED) is 0.909. The van der Waals surface area contributed by atoms with Crippen molar-refractivity contribution in [3.8, 4) is 0 Å². The van der Waals surface area contributed by atoms with Crippen LogP contribution in [0.3, 0.4) is 0 Å². The van der Waals surface area contributed by atoms with Crippen molar-refractivity contribution in [3.05, 3.63) is 35.4 Å². The van der Waals surface area contributed by atoms with E-state index in [0.717, 1.165) is 42.5 Å². The van der Waals surface area contributed by atoms with Gasteiger partial charge in [0.15, 0.2) is 0 Å². The Morgan fingerprint density at radius 1 is 1.40 bits per heavy atom. The first kappa shape index (κ1) is 14.3. The fourth-order valence-electron chi connectivity index (χ4n) is 3.19. The molecule has 20 heavy (non-hydrogen) atoms. The Morgan fingerprint density at radius 2 is 2.25 bits per heavy atom. The van der Waals surface area contributed by atoms with Crippen molar-refractivity contribution in [2.45, 2.75) is 31.0 Å². The Hall–Kier alpha value is -0.650. The molecule has 110 valence electrons. The third-order valence-corrected chi connectivity index (χ3v) is 5.54. The third-order valence-electron chi connectivity index (χ3n) is 4.32. The topological polar surface area (TPSA) is 29.5 Å². The second-order valence-electron chi connectivity index (χ2n) is 5.70. The summed E-state index contributed by atoms with van der Waals surface area (Å²) in [7, 11) is 0. The molecule has 1 aromatic carbocycles. The average molecular weight is 300 g/mol. The van der Waals surface area contributed by atoms with E-state index in [2.05, 4.69) is 0 Å². The summed E-state index contributed by atoms with van der Waals surface area (Å²) in [5.41, 5.74) is -0.101. The summed E-state index contributed by atoms with van der Waals surface area (Å²) in [5, 5.41) is 10.4. The smallest absolute Gasteiger partial charge is 0.129 e. The molecule has 0 amide bonds. The molecule has 0 bridgehead atoms. The molecule has 5 heteroatoms. The molecule has 3 unspecified atom stereocenters. The SMILES string of the molecule is OC(c1cc(F)ccc1F)C1CCOC2(CCSC2)C1. The highest BCUT2D eigenvalue weighted by atomic mass is 32.2. The molecule has 2 aliphatic heterocycles. The number of aliphatic hydroxyl groups excluding tert-OH is 1. The molecule has 0 saturated carbocycles. The van der Waals surface area contributed by atoms with E-state index >= 15 is 0 Å². The van der Waals surface area contributed by atoms with Gasteiger partial charge in [-0.25, -0.2) is 8.78 Å². The molecule has 1 N–H and O–H groups in total. The summed E-state index contributed by atoms with van der Waals surface area (Å²) >= 11 is 1.85. The molecule has 3 rings (SSSR count). The molecular formula is C15H18F2O2S. The van der Waals surface area contributed by atoms with Crippen LogP contribution in [0.2, 0.25) is 0 Å². The van der Waals surface area contributed by atoms with Gasteiger partial charge in [0.2, 0.25) is 0 Å². The number of thioether (sulfide) groups is 1. The number of aliphatic hydroxyl groups is 1. The molecule has 2 heterocycles. The summed E-state index contributed by atoms with van der Waals surface area (Å²) in [6.45, 7) is 0.583. The number of rotatable bonds is 2. The molecule has 0 radical (unpaired) electrons. The Balaban J connectivity index is 1.79. The molecule has 0 aliphatic carbocycles. The van der Waals surface area contributed by atoms with Gasteiger partial charge in [-0.05, 0) is 49.1 Å². The zero-order valence-corrected chi connectivity index (χ0v) is 12.0. The normalized spacial score (nSPS) is 31.6. The lowest BCUT2D eigenvalue weighted by Gasteiger charge is -2.39. The minimum absolute atomic E-state index is 0.0673. The van der Waals surface area contributed by atoms with Crippen LogP contribution in [0.25, 0.3) is 0 Å². The first-order chi connectivity index (χ1) is 9.60. The summed E-state index contributed by atoms with van der Waals surface area (Å²) in [5.74, 6) is 0.872. The molecular weight excluding hydrogens is 282 g/mol. The van der Waals surface area contributed by atoms with Crippen molar-refractivity contribution in [3.63, 3.8) is 0 Å². The van der Waals surface area contributed by atoms with Crippen LogP contribution < -0.4 is 0 Å². The summed E-state index contributed by atoms with van der Waals surface area (Å²) in [4.78, 5) is 0. The lowest BCUT2D eigenvalue weighted by molar-refractivity contribution is -0.102. The predicted octanol–water partition coefficient (Wildman–Crippen LogP) is 3.30. The van der Waals surface area contributed by atoms with Gasteiger partial charge in [0, 0.05) is 17.9 Å². The standard InChI is InChI=1S/C15H18F2O2S/c16-11-1-2-13(17)12(7-11)14(18)10-3-5-19-15(8-10)4-6-20-9-15/h1-2,7,10,14,18H,3-6,8-9H2. The van der Waals surface area contributed by atoms with E-state index in [1.54, 1.807) is 0 Å². The van der Waals surface area contributed by atoms with Gasteiger partial charge < -0.3 is 9.84 Å². The van der Waals surface area contributed by atoms with Crippen molar-refractivity contribution >= 4 is 11.8 Å². The van der Waals surface area contributed by atoms with Crippen LogP contribution in [0.4, 0.5) is 8.78 Å². The molecule has 2 saturated heterocycles. The Labute approximate surface area is 121 Å². The maximum absolute atomic E-state index is 13.8. The van der Waals surface area contributed by atoms with E-state index in [-0.39, 0.29) is 17.1 Å². The fourth-order valence-corrected chi connectivity index (χ4v) is 4.57. The highest BCUT2D eigenvalue weighted by Gasteiger charge is 2.42. The highest BCUT2D eigenvalue weighted by molar-refractivity contribution is 7.99. The van der Waals surface area contributed by atoms with E-state index in [9.17, 15) is 13.9 Å². The summed E-state index contributed by atoms with van der Waals surface area (Å²) in [6.07, 6.45) is 1.42. The first-order valence-corrected chi connectivity index (χ1v) is 8.10. The number of benzene rings is 1. The van der Waals surface area contributed by atoms with E-state index in [0.29, 0.717) is 13.0 Å². The molecule has 2 fully saturated rings. The predicted molar refractivity (Wildman–Crippen MR) is 74.7 cm³/mol. The van der Waals surface area contributed by atoms with Crippen LogP contribution in [-0.2, 0) is 4.74 Å². The Bertz CT molecular complexity index is 489. The van der Waals surface area contributed by atoms with E-state index in [1.165, 1.54) is 0 Å². The van der Waals surface area contributed by atoms with E-state index in [1.807, 2.05) is 11.8 Å². The molecule has 2 nitrogen and oxygen atoms in total. The van der Waals surface area contributed by atoms with Crippen LogP contribution in [0, 0.1) is 17.6 Å². The molecule has 3 atom stereocenters. The average Bonchev–Trinajstić information content (AvgIpc) is 2.88. The monoisotopic (exact) mass is 300 g/mol. The van der Waals surface area contributed by atoms with Crippen LogP contribution in [-0.4, -0.2) is 28.8 Å². The lowest BCUT2D eigenvalue weighted by Crippen LogP contribution is -2.41. The fraction of sp³-hybridized carbons (Fsp3) is 0.600. The molecule has 0 aromatic heterocycles. The van der Waals surface area contributed by atoms with Crippen LogP contribution >= 0.6 is 11.8 Å². The summed E-state index contributed by atoms with van der Waals surface area (Å²) < 4.78 is 32.9. The van der Waals surface area contributed by atoms with Gasteiger partial charge in [-0.1, -0.05) is 0 Å². The van der Waals surface area contributed by atoms with Crippen molar-refractivity contribution in [1.29, 1.82) is 0 Å². The van der Waals surface area contributed by atoms with E-state index < -0.39 is 17.7 Å². The largest absolute Gasteiger partial charge is 0.388 e.